The predicted molar refractivity (Wildman–Crippen MR) is 84.1 cm³/mol. The van der Waals surface area contributed by atoms with Crippen molar-refractivity contribution in [3.05, 3.63) is 19.9 Å². The van der Waals surface area contributed by atoms with E-state index in [1.165, 1.54) is 19.3 Å². The Bertz CT molecular complexity index is 396. The van der Waals surface area contributed by atoms with E-state index in [1.807, 2.05) is 11.4 Å². The smallest absolute Gasteiger partial charge is 0.252 e. The highest BCUT2D eigenvalue weighted by Gasteiger charge is 2.23. The van der Waals surface area contributed by atoms with Gasteiger partial charge in [0.15, 0.2) is 0 Å². The lowest BCUT2D eigenvalue weighted by Crippen LogP contribution is -2.40. The zero-order valence-electron chi connectivity index (χ0n) is 9.42. The van der Waals surface area contributed by atoms with E-state index in [-0.39, 0.29) is 11.9 Å². The molecule has 0 saturated heterocycles. The van der Waals surface area contributed by atoms with Gasteiger partial charge in [0.05, 0.1) is 8.45 Å². The van der Waals surface area contributed by atoms with Crippen LogP contribution >= 0.6 is 49.9 Å². The molecule has 1 N–H and O–H groups in total. The summed E-state index contributed by atoms with van der Waals surface area (Å²) in [6.45, 7) is 0. The van der Waals surface area contributed by atoms with E-state index >= 15 is 0 Å². The number of hydrogen-bond donors (Lipinski definition) is 1. The Balaban J connectivity index is 1.97. The molecule has 1 aromatic rings. The molecule has 2 atom stereocenters. The Morgan fingerprint density at radius 1 is 1.41 bits per heavy atom. The summed E-state index contributed by atoms with van der Waals surface area (Å²) in [5.74, 6) is 0.0699. The van der Waals surface area contributed by atoms with Gasteiger partial charge in [0.25, 0.3) is 5.91 Å². The SMILES string of the molecule is O=C(NC1CCCCCC1Br)c1csc(I)c1. The van der Waals surface area contributed by atoms with Crippen molar-refractivity contribution in [1.29, 1.82) is 0 Å². The Morgan fingerprint density at radius 2 is 2.18 bits per heavy atom. The van der Waals surface area contributed by atoms with Crippen LogP contribution in [-0.2, 0) is 0 Å². The van der Waals surface area contributed by atoms with Crippen molar-refractivity contribution in [3.8, 4) is 0 Å². The van der Waals surface area contributed by atoms with Crippen molar-refractivity contribution in [2.75, 3.05) is 0 Å². The third kappa shape index (κ3) is 3.92. The third-order valence-corrected chi connectivity index (χ3v) is 5.96. The zero-order chi connectivity index (χ0) is 12.3. The number of thiophene rings is 1. The second-order valence-corrected chi connectivity index (χ2v) is 8.36. The number of alkyl halides is 1. The molecule has 1 amide bonds. The van der Waals surface area contributed by atoms with Gasteiger partial charge in [-0.2, -0.15) is 0 Å². The van der Waals surface area contributed by atoms with E-state index in [9.17, 15) is 4.79 Å². The lowest BCUT2D eigenvalue weighted by Gasteiger charge is -2.21. The van der Waals surface area contributed by atoms with Gasteiger partial charge in [-0.05, 0) is 41.5 Å². The summed E-state index contributed by atoms with van der Waals surface area (Å²) in [4.78, 5) is 12.5. The summed E-state index contributed by atoms with van der Waals surface area (Å²) < 4.78 is 1.16. The Labute approximate surface area is 128 Å². The van der Waals surface area contributed by atoms with E-state index in [0.29, 0.717) is 4.83 Å². The minimum atomic E-state index is 0.0699. The van der Waals surface area contributed by atoms with Crippen LogP contribution in [0.1, 0.15) is 42.5 Å². The molecule has 2 unspecified atom stereocenters. The van der Waals surface area contributed by atoms with E-state index in [4.69, 9.17) is 0 Å². The highest BCUT2D eigenvalue weighted by molar-refractivity contribution is 14.1. The number of carbonyl (C=O) groups excluding carboxylic acids is 1. The summed E-state index contributed by atoms with van der Waals surface area (Å²) in [6.07, 6.45) is 6.01. The van der Waals surface area contributed by atoms with Crippen molar-refractivity contribution in [1.82, 2.24) is 5.32 Å². The Kier molecular flexibility index (Phi) is 5.29. The summed E-state index contributed by atoms with van der Waals surface area (Å²) in [5, 5.41) is 5.08. The topological polar surface area (TPSA) is 29.1 Å². The van der Waals surface area contributed by atoms with Gasteiger partial charge in [0.1, 0.15) is 0 Å². The van der Waals surface area contributed by atoms with Gasteiger partial charge in [0, 0.05) is 16.2 Å². The zero-order valence-corrected chi connectivity index (χ0v) is 14.0. The highest BCUT2D eigenvalue weighted by Crippen LogP contribution is 2.24. The minimum Gasteiger partial charge on any atom is -0.348 e. The third-order valence-electron chi connectivity index (χ3n) is 3.08. The van der Waals surface area contributed by atoms with Crippen LogP contribution in [0, 0.1) is 2.88 Å². The van der Waals surface area contributed by atoms with Crippen molar-refractivity contribution in [3.63, 3.8) is 0 Å². The van der Waals surface area contributed by atoms with Crippen LogP contribution in [0.15, 0.2) is 11.4 Å². The summed E-state index contributed by atoms with van der Waals surface area (Å²) in [6, 6.07) is 2.23. The molecule has 1 aliphatic rings. The molecule has 1 aliphatic carbocycles. The van der Waals surface area contributed by atoms with Crippen LogP contribution in [0.4, 0.5) is 0 Å². The first-order valence-corrected chi connectivity index (χ1v) is 8.73. The van der Waals surface area contributed by atoms with E-state index in [1.54, 1.807) is 11.3 Å². The normalized spacial score (nSPS) is 25.3. The first-order chi connectivity index (χ1) is 8.16. The maximum absolute atomic E-state index is 12.1. The second kappa shape index (κ2) is 6.52. The first-order valence-electron chi connectivity index (χ1n) is 5.86. The monoisotopic (exact) mass is 427 g/mol. The van der Waals surface area contributed by atoms with Gasteiger partial charge in [0.2, 0.25) is 0 Å². The van der Waals surface area contributed by atoms with Gasteiger partial charge in [-0.1, -0.05) is 35.2 Å². The van der Waals surface area contributed by atoms with Gasteiger partial charge in [-0.15, -0.1) is 11.3 Å². The summed E-state index contributed by atoms with van der Waals surface area (Å²) in [5.41, 5.74) is 0.795. The summed E-state index contributed by atoms with van der Waals surface area (Å²) >= 11 is 7.56. The van der Waals surface area contributed by atoms with Crippen molar-refractivity contribution < 1.29 is 4.79 Å². The van der Waals surface area contributed by atoms with Crippen LogP contribution < -0.4 is 5.32 Å². The molecule has 0 spiro atoms. The molecular formula is C12H15BrINOS. The number of hydrogen-bond acceptors (Lipinski definition) is 2. The van der Waals surface area contributed by atoms with Crippen molar-refractivity contribution in [2.24, 2.45) is 0 Å². The lowest BCUT2D eigenvalue weighted by molar-refractivity contribution is 0.0935. The predicted octanol–water partition coefficient (Wildman–Crippen LogP) is 4.18. The van der Waals surface area contributed by atoms with Gasteiger partial charge in [-0.3, -0.25) is 4.79 Å². The molecule has 1 heterocycles. The molecule has 2 rings (SSSR count). The van der Waals surface area contributed by atoms with E-state index in [0.717, 1.165) is 21.3 Å². The molecule has 5 heteroatoms. The number of carbonyl (C=O) groups is 1. The molecule has 1 aromatic heterocycles. The molecule has 94 valence electrons. The first kappa shape index (κ1) is 13.8. The maximum atomic E-state index is 12.1. The lowest BCUT2D eigenvalue weighted by atomic mass is 10.1. The largest absolute Gasteiger partial charge is 0.348 e. The van der Waals surface area contributed by atoms with E-state index in [2.05, 4.69) is 43.8 Å². The average Bonchev–Trinajstić information content (AvgIpc) is 2.63. The molecule has 2 nitrogen and oxygen atoms in total. The molecule has 0 bridgehead atoms. The average molecular weight is 428 g/mol. The van der Waals surface area contributed by atoms with Crippen molar-refractivity contribution in [2.45, 2.75) is 43.0 Å². The minimum absolute atomic E-state index is 0.0699. The fourth-order valence-electron chi connectivity index (χ4n) is 2.11. The van der Waals surface area contributed by atoms with Crippen LogP contribution in [0.2, 0.25) is 0 Å². The van der Waals surface area contributed by atoms with Gasteiger partial charge < -0.3 is 5.32 Å². The quantitative estimate of drug-likeness (QED) is 0.428. The molecule has 0 aromatic carbocycles. The van der Waals surface area contributed by atoms with E-state index < -0.39 is 0 Å². The molecule has 0 radical (unpaired) electrons. The standard InChI is InChI=1S/C12H15BrINOS/c13-9-4-2-1-3-5-10(9)15-12(16)8-6-11(14)17-7-8/h6-7,9-10H,1-5H2,(H,15,16). The molecule has 1 saturated carbocycles. The number of amides is 1. The molecular weight excluding hydrogens is 413 g/mol. The highest BCUT2D eigenvalue weighted by atomic mass is 127. The number of rotatable bonds is 2. The van der Waals surface area contributed by atoms with Crippen LogP contribution in [0.5, 0.6) is 0 Å². The Morgan fingerprint density at radius 3 is 2.88 bits per heavy atom. The van der Waals surface area contributed by atoms with Gasteiger partial charge >= 0.3 is 0 Å². The maximum Gasteiger partial charge on any atom is 0.252 e. The Hall–Kier alpha value is 0.380. The second-order valence-electron chi connectivity index (χ2n) is 4.37. The van der Waals surface area contributed by atoms with Crippen LogP contribution in [0.3, 0.4) is 0 Å². The molecule has 1 fully saturated rings. The molecule has 0 aliphatic heterocycles. The van der Waals surface area contributed by atoms with Crippen molar-refractivity contribution >= 4 is 55.8 Å². The molecule has 17 heavy (non-hydrogen) atoms. The number of nitrogens with one attached hydrogen (secondary N) is 1. The fourth-order valence-corrected chi connectivity index (χ4v) is 4.15. The number of halogens is 2. The van der Waals surface area contributed by atoms with Crippen LogP contribution in [0.25, 0.3) is 0 Å². The van der Waals surface area contributed by atoms with Crippen LogP contribution in [-0.4, -0.2) is 16.8 Å². The van der Waals surface area contributed by atoms with Gasteiger partial charge in [-0.25, -0.2) is 0 Å². The summed E-state index contributed by atoms with van der Waals surface area (Å²) in [7, 11) is 0. The fraction of sp³-hybridized carbons (Fsp3) is 0.583.